The lowest BCUT2D eigenvalue weighted by Crippen LogP contribution is -2.49. The van der Waals surface area contributed by atoms with Crippen LogP contribution in [0.2, 0.25) is 0 Å². The molecule has 0 aromatic carbocycles. The summed E-state index contributed by atoms with van der Waals surface area (Å²) in [6.07, 6.45) is 13.1. The summed E-state index contributed by atoms with van der Waals surface area (Å²) in [5, 5.41) is 6.86. The summed E-state index contributed by atoms with van der Waals surface area (Å²) in [7, 11) is 0. The highest BCUT2D eigenvalue weighted by molar-refractivity contribution is 5.78. The number of carbonyl (C=O) groups excluding carboxylic acids is 1. The van der Waals surface area contributed by atoms with E-state index in [0.717, 1.165) is 25.8 Å². The lowest BCUT2D eigenvalue weighted by atomic mass is 9.93. The fourth-order valence-electron chi connectivity index (χ4n) is 3.68. The molecule has 0 spiro atoms. The van der Waals surface area contributed by atoms with E-state index in [1.165, 1.54) is 51.4 Å². The number of rotatable bonds is 16. The van der Waals surface area contributed by atoms with Crippen molar-refractivity contribution in [3.05, 3.63) is 0 Å². The van der Waals surface area contributed by atoms with E-state index < -0.39 is 0 Å². The average Bonchev–Trinajstić information content (AvgIpc) is 2.54. The van der Waals surface area contributed by atoms with Gasteiger partial charge in [-0.05, 0) is 40.0 Å². The smallest absolute Gasteiger partial charge is 0.223 e. The van der Waals surface area contributed by atoms with Gasteiger partial charge in [-0.15, -0.1) is 0 Å². The maximum atomic E-state index is 12.7. The fraction of sp³-hybridized carbons (Fsp3) is 0.955. The monoisotopic (exact) mass is 354 g/mol. The molecule has 0 rings (SSSR count). The third kappa shape index (κ3) is 13.3. The summed E-state index contributed by atoms with van der Waals surface area (Å²) < 4.78 is 0. The summed E-state index contributed by atoms with van der Waals surface area (Å²) in [6.45, 7) is 14.1. The number of carbonyl (C=O) groups is 1. The van der Waals surface area contributed by atoms with Gasteiger partial charge in [-0.3, -0.25) is 4.79 Å². The van der Waals surface area contributed by atoms with E-state index in [1.807, 2.05) is 0 Å². The predicted octanol–water partition coefficient (Wildman–Crippen LogP) is 5.83. The molecule has 25 heavy (non-hydrogen) atoms. The van der Waals surface area contributed by atoms with E-state index in [-0.39, 0.29) is 17.4 Å². The van der Waals surface area contributed by atoms with Gasteiger partial charge in [0, 0.05) is 24.0 Å². The van der Waals surface area contributed by atoms with E-state index >= 15 is 0 Å². The second-order valence-corrected chi connectivity index (χ2v) is 8.47. The van der Waals surface area contributed by atoms with Crippen LogP contribution in [0.5, 0.6) is 0 Å². The Morgan fingerprint density at radius 2 is 1.44 bits per heavy atom. The molecule has 0 aliphatic rings. The van der Waals surface area contributed by atoms with Gasteiger partial charge in [-0.2, -0.15) is 0 Å². The minimum Gasteiger partial charge on any atom is -0.354 e. The first-order chi connectivity index (χ1) is 11.9. The van der Waals surface area contributed by atoms with E-state index in [1.54, 1.807) is 0 Å². The summed E-state index contributed by atoms with van der Waals surface area (Å²) in [4.78, 5) is 12.7. The van der Waals surface area contributed by atoms with E-state index in [4.69, 9.17) is 0 Å². The van der Waals surface area contributed by atoms with Crippen molar-refractivity contribution < 1.29 is 4.79 Å². The second-order valence-electron chi connectivity index (χ2n) is 8.47. The quantitative estimate of drug-likeness (QED) is 0.343. The molecule has 2 atom stereocenters. The molecular weight excluding hydrogens is 308 g/mol. The summed E-state index contributed by atoms with van der Waals surface area (Å²) in [6, 6.07) is 0.307. The molecule has 2 N–H and O–H groups in total. The zero-order valence-electron chi connectivity index (χ0n) is 18.0. The van der Waals surface area contributed by atoms with Gasteiger partial charge in [0.05, 0.1) is 0 Å². The highest BCUT2D eigenvalue weighted by atomic mass is 16.1. The standard InChI is InChI=1S/C22H46N2O/c1-7-10-12-14-16-20(15-13-11-8-2)21(25)23-18-19(4)24-22(5,6)17-9-3/h19-20,24H,7-18H2,1-6H3,(H,23,25). The normalized spacial score (nSPS) is 14.3. The Balaban J connectivity index is 4.32. The van der Waals surface area contributed by atoms with Crippen molar-refractivity contribution in [2.24, 2.45) is 5.92 Å². The van der Waals surface area contributed by atoms with E-state index in [0.29, 0.717) is 6.04 Å². The molecule has 0 radical (unpaired) electrons. The van der Waals surface area contributed by atoms with Crippen LogP contribution >= 0.6 is 0 Å². The molecule has 0 saturated carbocycles. The molecule has 3 heteroatoms. The van der Waals surface area contributed by atoms with Gasteiger partial charge >= 0.3 is 0 Å². The van der Waals surface area contributed by atoms with Crippen molar-refractivity contribution in [3.8, 4) is 0 Å². The van der Waals surface area contributed by atoms with Crippen LogP contribution in [0, 0.1) is 5.92 Å². The molecular formula is C22H46N2O. The highest BCUT2D eigenvalue weighted by Gasteiger charge is 2.21. The van der Waals surface area contributed by atoms with E-state index in [9.17, 15) is 4.79 Å². The first-order valence-corrected chi connectivity index (χ1v) is 10.9. The van der Waals surface area contributed by atoms with Crippen LogP contribution in [-0.4, -0.2) is 24.0 Å². The van der Waals surface area contributed by atoms with Crippen molar-refractivity contribution in [3.63, 3.8) is 0 Å². The topological polar surface area (TPSA) is 41.1 Å². The Bertz CT molecular complexity index is 328. The maximum absolute atomic E-state index is 12.7. The first kappa shape index (κ1) is 24.4. The zero-order valence-corrected chi connectivity index (χ0v) is 18.0. The van der Waals surface area contributed by atoms with Crippen molar-refractivity contribution in [1.82, 2.24) is 10.6 Å². The van der Waals surface area contributed by atoms with Crippen LogP contribution in [0.25, 0.3) is 0 Å². The van der Waals surface area contributed by atoms with Gasteiger partial charge in [0.25, 0.3) is 0 Å². The summed E-state index contributed by atoms with van der Waals surface area (Å²) in [5.41, 5.74) is 0.138. The minimum atomic E-state index is 0.138. The number of hydrogen-bond acceptors (Lipinski definition) is 2. The first-order valence-electron chi connectivity index (χ1n) is 10.9. The minimum absolute atomic E-state index is 0.138. The lowest BCUT2D eigenvalue weighted by Gasteiger charge is -2.30. The summed E-state index contributed by atoms with van der Waals surface area (Å²) in [5.74, 6) is 0.480. The predicted molar refractivity (Wildman–Crippen MR) is 111 cm³/mol. The Kier molecular flexibility index (Phi) is 14.3. The van der Waals surface area contributed by atoms with Crippen molar-refractivity contribution in [2.45, 2.75) is 124 Å². The molecule has 0 aromatic heterocycles. The van der Waals surface area contributed by atoms with Gasteiger partial charge < -0.3 is 10.6 Å². The molecule has 0 aromatic rings. The molecule has 0 fully saturated rings. The van der Waals surface area contributed by atoms with Gasteiger partial charge in [0.1, 0.15) is 0 Å². The summed E-state index contributed by atoms with van der Waals surface area (Å²) >= 11 is 0. The third-order valence-electron chi connectivity index (χ3n) is 5.03. The molecule has 3 nitrogen and oxygen atoms in total. The molecule has 0 aliphatic heterocycles. The van der Waals surface area contributed by atoms with Crippen LogP contribution in [0.1, 0.15) is 112 Å². The number of nitrogens with one attached hydrogen (secondary N) is 2. The van der Waals surface area contributed by atoms with Gasteiger partial charge in [-0.1, -0.05) is 72.1 Å². The molecule has 2 unspecified atom stereocenters. The zero-order chi connectivity index (χ0) is 19.1. The fourth-order valence-corrected chi connectivity index (χ4v) is 3.68. The third-order valence-corrected chi connectivity index (χ3v) is 5.03. The van der Waals surface area contributed by atoms with Crippen molar-refractivity contribution in [2.75, 3.05) is 6.54 Å². The molecule has 0 bridgehead atoms. The molecule has 1 amide bonds. The van der Waals surface area contributed by atoms with Crippen LogP contribution in [0.15, 0.2) is 0 Å². The number of hydrogen-bond donors (Lipinski definition) is 2. The highest BCUT2D eigenvalue weighted by Crippen LogP contribution is 2.18. The Morgan fingerprint density at radius 3 is 2.00 bits per heavy atom. The Hall–Kier alpha value is -0.570. The molecule has 0 heterocycles. The average molecular weight is 355 g/mol. The van der Waals surface area contributed by atoms with Crippen LogP contribution in [0.3, 0.4) is 0 Å². The molecule has 150 valence electrons. The second kappa shape index (κ2) is 14.6. The molecule has 0 saturated heterocycles. The van der Waals surface area contributed by atoms with Gasteiger partial charge in [-0.25, -0.2) is 0 Å². The SMILES string of the molecule is CCCCCCC(CCCCC)C(=O)NCC(C)NC(C)(C)CCC. The Morgan fingerprint density at radius 1 is 0.880 bits per heavy atom. The number of amides is 1. The molecule has 0 aliphatic carbocycles. The van der Waals surface area contributed by atoms with Crippen molar-refractivity contribution >= 4 is 5.91 Å². The van der Waals surface area contributed by atoms with Crippen LogP contribution < -0.4 is 10.6 Å². The number of unbranched alkanes of at least 4 members (excludes halogenated alkanes) is 5. The van der Waals surface area contributed by atoms with Crippen LogP contribution in [0.4, 0.5) is 0 Å². The van der Waals surface area contributed by atoms with Crippen molar-refractivity contribution in [1.29, 1.82) is 0 Å². The van der Waals surface area contributed by atoms with Gasteiger partial charge in [0.15, 0.2) is 0 Å². The Labute approximate surface area is 158 Å². The maximum Gasteiger partial charge on any atom is 0.223 e. The lowest BCUT2D eigenvalue weighted by molar-refractivity contribution is -0.125. The van der Waals surface area contributed by atoms with Gasteiger partial charge in [0.2, 0.25) is 5.91 Å². The largest absolute Gasteiger partial charge is 0.354 e. The van der Waals surface area contributed by atoms with E-state index in [2.05, 4.69) is 52.2 Å². The van der Waals surface area contributed by atoms with Crippen LogP contribution in [-0.2, 0) is 4.79 Å².